The highest BCUT2D eigenvalue weighted by molar-refractivity contribution is 7.99. The molecule has 0 saturated heterocycles. The Morgan fingerprint density at radius 1 is 0.454 bits per heavy atom. The van der Waals surface area contributed by atoms with Gasteiger partial charge in [-0.2, -0.15) is 0 Å². The summed E-state index contributed by atoms with van der Waals surface area (Å²) in [6, 6.07) is 6.85. The highest BCUT2D eigenvalue weighted by Gasteiger charge is 2.49. The van der Waals surface area contributed by atoms with E-state index in [0.717, 1.165) is 30.1 Å². The molecule has 6 aliphatic carbocycles. The number of benzene rings is 3. The third kappa shape index (κ3) is 17.5. The van der Waals surface area contributed by atoms with Gasteiger partial charge in [0.15, 0.2) is 66.4 Å². The third-order valence-corrected chi connectivity index (χ3v) is 21.0. The molecule has 12 N–H and O–H groups in total. The molecule has 0 bridgehead atoms. The van der Waals surface area contributed by atoms with E-state index in [1.807, 2.05) is 0 Å². The molecule has 0 spiro atoms. The van der Waals surface area contributed by atoms with Crippen LogP contribution in [0.3, 0.4) is 0 Å². The van der Waals surface area contributed by atoms with Crippen molar-refractivity contribution in [2.75, 3.05) is 72.5 Å². The minimum absolute atomic E-state index is 0.00869. The molecule has 15 rings (SSSR count). The van der Waals surface area contributed by atoms with E-state index in [1.54, 1.807) is 57.2 Å². The van der Waals surface area contributed by atoms with Gasteiger partial charge >= 0.3 is 0 Å². The van der Waals surface area contributed by atoms with Gasteiger partial charge < -0.3 is 76.1 Å². The number of anilines is 3. The monoisotopic (exact) mass is 1580 g/mol. The van der Waals surface area contributed by atoms with Gasteiger partial charge in [-0.15, -0.1) is 15.3 Å². The maximum absolute atomic E-state index is 14.3. The SMILES string of the molecule is [2H]C([2H])(C)C([2H])([2H])Sc1nc(N[C@]2([2H])C[C@H]2c2ccc(C)c(F)c2)c2nnn([C@@H]3C[C@H](OC([2H])([2H])C([2H])([2H])O)[C@@H](O)[C@H]3O)c2n1.[2H]C([2H])(CO)O[C@H]1C[C@@H](n2nnc3c(N[C@]4([2H])C[C@H]4c4ccc(C)c(F)c4)nc(SC([2H])([2H])C([2H])([2H])C)nc32)[C@H](O)[C@@H]1O.[2H]C([2H])(O)CO[C@H]1C[C@@H](n2nnc3c(N[C@]4([2H])C[C@H]4c4ccc(C)c(F)c4)nc(SC([2H])([2H])C([2H])([2H])C)nc32)[C@H](O)[C@@H]1O. The molecule has 18 atom stereocenters. The average molecular weight is 1580 g/mol. The topological polar surface area (TPSA) is 415 Å². The normalized spacial score (nSPS) is 34.1. The van der Waals surface area contributed by atoms with Gasteiger partial charge in [0.2, 0.25) is 0 Å². The predicted octanol–water partition coefficient (Wildman–Crippen LogP) is 6.55. The molecule has 0 aliphatic heterocycles. The molecule has 108 heavy (non-hydrogen) atoms. The van der Waals surface area contributed by atoms with Crippen LogP contribution in [0.2, 0.25) is 0 Å². The maximum atomic E-state index is 14.3. The highest BCUT2D eigenvalue weighted by Crippen LogP contribution is 2.48. The Kier molecular flexibility index (Phi) is 17.7. The molecule has 3 aromatic carbocycles. The van der Waals surface area contributed by atoms with Gasteiger partial charge in [0.1, 0.15) is 54.1 Å². The number of hydrogen-bond acceptors (Lipinski definition) is 30. The lowest BCUT2D eigenvalue weighted by atomic mass is 10.1. The summed E-state index contributed by atoms with van der Waals surface area (Å²) in [6.07, 6.45) is -19.9. The summed E-state index contributed by atoms with van der Waals surface area (Å²) in [5.41, 5.74) is -4.45. The molecule has 6 heterocycles. The average Bonchev–Trinajstić information content (AvgIpc) is 1.58. The number of fused-ring (bicyclic) bond motifs is 3. The molecular formula is C72H93F3N18O12S3. The quantitative estimate of drug-likeness (QED) is 0.0168. The van der Waals surface area contributed by atoms with E-state index in [0.29, 0.717) is 75.1 Å². The van der Waals surface area contributed by atoms with E-state index in [2.05, 4.69) is 76.8 Å². The van der Waals surface area contributed by atoms with Crippen molar-refractivity contribution >= 4 is 86.2 Å². The summed E-state index contributed by atoms with van der Waals surface area (Å²) in [5, 5.41) is 125. The van der Waals surface area contributed by atoms with E-state index in [4.69, 9.17) is 45.7 Å². The first kappa shape index (κ1) is 54.5. The molecule has 0 radical (unpaired) electrons. The summed E-state index contributed by atoms with van der Waals surface area (Å²) in [4.78, 5) is 26.0. The molecule has 30 nitrogen and oxygen atoms in total. The lowest BCUT2D eigenvalue weighted by Crippen LogP contribution is -2.33. The first-order valence-electron chi connectivity index (χ1n) is 45.4. The fourth-order valence-corrected chi connectivity index (χ4v) is 14.4. The number of nitrogens with zero attached hydrogens (tertiary/aromatic N) is 15. The number of aryl methyl sites for hydroxylation is 3. The Balaban J connectivity index is 0.000000167. The fourth-order valence-electron chi connectivity index (χ4n) is 13.0. The van der Waals surface area contributed by atoms with Crippen molar-refractivity contribution < 1.29 is 105 Å². The Morgan fingerprint density at radius 2 is 0.778 bits per heavy atom. The van der Waals surface area contributed by atoms with Crippen LogP contribution in [-0.2, 0) is 14.2 Å². The summed E-state index contributed by atoms with van der Waals surface area (Å²) in [6.45, 7) is -5.51. The molecule has 6 aromatic heterocycles. The standard InChI is InChI=1S/3C24H31FN6O4S/c3*1-3-8-36-24-27-22(26-16-10-14(16)13-5-4-12(2)15(25)9-13)19-23(28-24)31(30-29-19)17-11-18(35-7-6-32)21(34)20(17)33/h3*4-5,9,14,16-18,20-21,32-34H,3,6-8,10-11H2,1-2H3,(H,26,27,28)/t3*14-,16+,17+,18-,20-,21+/m000/s1/i3D2,6D2,7D2,8D2,16D;3D2,7D2,8D2,16D;3D2,6D2,8D2,16D. The summed E-state index contributed by atoms with van der Waals surface area (Å²) < 4.78 is 245. The Labute approximate surface area is 665 Å². The molecule has 36 heteroatoms. The molecule has 0 amide bonds. The molecule has 6 aliphatic rings. The molecule has 582 valence electrons. The molecule has 9 aromatic rings. The highest BCUT2D eigenvalue weighted by atomic mass is 32.2. The lowest BCUT2D eigenvalue weighted by molar-refractivity contribution is -0.0629. The second-order valence-corrected chi connectivity index (χ2v) is 28.3. The van der Waals surface area contributed by atoms with Gasteiger partial charge in [0.25, 0.3) is 0 Å². The number of aliphatic hydroxyl groups excluding tert-OH is 7. The van der Waals surface area contributed by atoms with E-state index < -0.39 is 202 Å². The van der Waals surface area contributed by atoms with E-state index in [-0.39, 0.29) is 98.5 Å². The number of nitrogens with one attached hydrogen (secondary N) is 3. The van der Waals surface area contributed by atoms with Crippen molar-refractivity contribution in [1.82, 2.24) is 74.9 Å². The van der Waals surface area contributed by atoms with Crippen molar-refractivity contribution in [2.45, 2.75) is 224 Å². The smallest absolute Gasteiger partial charge is 0.191 e. The van der Waals surface area contributed by atoms with Crippen molar-refractivity contribution in [2.24, 2.45) is 0 Å². The molecular weight excluding hydrogens is 1460 g/mol. The Bertz CT molecular complexity index is 5750. The minimum Gasteiger partial charge on any atom is -0.394 e. The molecule has 6 saturated carbocycles. The first-order valence-corrected chi connectivity index (χ1v) is 36.3. The Morgan fingerprint density at radius 3 is 1.07 bits per heavy atom. The van der Waals surface area contributed by atoms with Gasteiger partial charge in [0, 0.05) is 88.6 Å². The Hall–Kier alpha value is -7.14. The minimum atomic E-state index is -3.43. The number of hydrogen-bond donors (Lipinski definition) is 12. The van der Waals surface area contributed by atoms with Gasteiger partial charge in [0.05, 0.1) is 91.0 Å². The number of halogens is 3. The van der Waals surface area contributed by atoms with Crippen molar-refractivity contribution in [3.05, 3.63) is 105 Å². The van der Waals surface area contributed by atoms with Crippen LogP contribution in [0.1, 0.15) is 179 Å². The summed E-state index contributed by atoms with van der Waals surface area (Å²) in [7, 11) is 0. The number of ether oxygens (including phenoxy) is 3. The zero-order valence-corrected chi connectivity index (χ0v) is 60.8. The van der Waals surface area contributed by atoms with Crippen LogP contribution in [0.25, 0.3) is 33.5 Å². The van der Waals surface area contributed by atoms with Crippen LogP contribution in [0, 0.1) is 38.2 Å². The maximum Gasteiger partial charge on any atom is 0.191 e. The van der Waals surface area contributed by atoms with Crippen molar-refractivity contribution in [1.29, 1.82) is 0 Å². The van der Waals surface area contributed by atoms with Gasteiger partial charge in [-0.1, -0.05) is 108 Å². The predicted molar refractivity (Wildman–Crippen MR) is 398 cm³/mol. The first-order chi connectivity index (χ1) is 60.2. The summed E-state index contributed by atoms with van der Waals surface area (Å²) in [5.74, 6) is -2.60. The molecule has 0 unspecified atom stereocenters. The zero-order chi connectivity index (χ0) is 96.9. The van der Waals surface area contributed by atoms with Gasteiger partial charge in [-0.3, -0.25) is 0 Å². The van der Waals surface area contributed by atoms with E-state index in [1.165, 1.54) is 22.9 Å². The van der Waals surface area contributed by atoms with Crippen LogP contribution >= 0.6 is 35.3 Å². The van der Waals surface area contributed by atoms with Gasteiger partial charge in [-0.25, -0.2) is 57.1 Å². The van der Waals surface area contributed by atoms with Gasteiger partial charge in [-0.05, 0) is 111 Å². The van der Waals surface area contributed by atoms with E-state index in [9.17, 15) is 59.1 Å². The van der Waals surface area contributed by atoms with Crippen molar-refractivity contribution in [3.8, 4) is 0 Å². The number of aliphatic hydroxyl groups is 9. The second kappa shape index (κ2) is 35.1. The van der Waals surface area contributed by atoms with Crippen LogP contribution in [-0.4, -0.2) is 250 Å². The van der Waals surface area contributed by atoms with Crippen LogP contribution in [0.4, 0.5) is 30.6 Å². The third-order valence-electron chi connectivity index (χ3n) is 19.0. The van der Waals surface area contributed by atoms with Crippen LogP contribution in [0.15, 0.2) is 70.1 Å². The number of aromatic nitrogens is 15. The van der Waals surface area contributed by atoms with Crippen molar-refractivity contribution in [3.63, 3.8) is 0 Å². The second-order valence-electron chi connectivity index (χ2n) is 26.0. The van der Waals surface area contributed by atoms with E-state index >= 15 is 0 Å². The summed E-state index contributed by atoms with van der Waals surface area (Å²) >= 11 is 1.16. The zero-order valence-electron chi connectivity index (χ0n) is 81.3. The number of rotatable bonds is 30. The van der Waals surface area contributed by atoms with Crippen LogP contribution < -0.4 is 16.0 Å². The fraction of sp³-hybridized carbons (Fsp3) is 0.583. The lowest BCUT2D eigenvalue weighted by Gasteiger charge is -2.17. The largest absolute Gasteiger partial charge is 0.394 e. The number of thioether (sulfide) groups is 3. The van der Waals surface area contributed by atoms with Crippen LogP contribution in [0.5, 0.6) is 0 Å². The molecule has 6 fully saturated rings.